The molecule has 0 saturated heterocycles. The Balaban J connectivity index is 1.55. The largest absolute Gasteiger partial charge is 0.478 e. The third-order valence-electron chi connectivity index (χ3n) is 5.46. The van der Waals surface area contributed by atoms with Gasteiger partial charge in [0, 0.05) is 6.42 Å². The standard InChI is InChI=1S/C23H36N2O2/c1-2-3-4-5-6-7-8-9-10-11-12-13-16-19-23(22(26)27)24-20-17-14-15-18-21(20)25-23/h14-15,17-18H,2-13,16,19H2,1H3,(H,26,27). The predicted molar refractivity (Wildman–Crippen MR) is 109 cm³/mol. The molecule has 4 nitrogen and oxygen atoms in total. The molecule has 1 aromatic carbocycles. The molecule has 2 rings (SSSR count). The van der Waals surface area contributed by atoms with Gasteiger partial charge in [0.25, 0.3) is 0 Å². The molecular formula is C23H36N2O2. The van der Waals surface area contributed by atoms with Crippen LogP contribution in [0.1, 0.15) is 96.8 Å². The van der Waals surface area contributed by atoms with E-state index in [0.717, 1.165) is 12.8 Å². The Labute approximate surface area is 163 Å². The summed E-state index contributed by atoms with van der Waals surface area (Å²) in [6, 6.07) is 7.43. The number of hydrogen-bond acceptors (Lipinski definition) is 3. The molecule has 0 amide bonds. The van der Waals surface area contributed by atoms with Crippen LogP contribution >= 0.6 is 0 Å². The molecule has 0 unspecified atom stereocenters. The molecule has 0 spiro atoms. The molecule has 1 N–H and O–H groups in total. The van der Waals surface area contributed by atoms with Gasteiger partial charge in [0.05, 0.1) is 10.7 Å². The summed E-state index contributed by atoms with van der Waals surface area (Å²) in [5.74, 6) is -0.933. The molecule has 0 saturated carbocycles. The number of rotatable bonds is 15. The van der Waals surface area contributed by atoms with Crippen molar-refractivity contribution in [3.63, 3.8) is 0 Å². The van der Waals surface area contributed by atoms with E-state index in [2.05, 4.69) is 16.9 Å². The minimum atomic E-state index is -1.29. The molecule has 150 valence electrons. The fourth-order valence-corrected chi connectivity index (χ4v) is 3.78. The summed E-state index contributed by atoms with van der Waals surface area (Å²) in [4.78, 5) is 20.6. The maximum Gasteiger partial charge on any atom is 0.354 e. The number of fused-ring (bicyclic) bond motifs is 1. The first-order chi connectivity index (χ1) is 13.2. The van der Waals surface area contributed by atoms with Gasteiger partial charge in [0.1, 0.15) is 0 Å². The second-order valence-corrected chi connectivity index (χ2v) is 7.83. The summed E-state index contributed by atoms with van der Waals surface area (Å²) in [7, 11) is 0. The smallest absolute Gasteiger partial charge is 0.354 e. The van der Waals surface area contributed by atoms with Crippen molar-refractivity contribution in [3.8, 4) is 0 Å². The van der Waals surface area contributed by atoms with Crippen LogP contribution < -0.4 is 10.7 Å². The van der Waals surface area contributed by atoms with Gasteiger partial charge in [-0.25, -0.2) is 14.8 Å². The van der Waals surface area contributed by atoms with E-state index < -0.39 is 11.6 Å². The summed E-state index contributed by atoms with van der Waals surface area (Å²) in [5, 5.41) is 11.0. The highest BCUT2D eigenvalue weighted by Gasteiger charge is 2.39. The monoisotopic (exact) mass is 372 g/mol. The third-order valence-corrected chi connectivity index (χ3v) is 5.46. The van der Waals surface area contributed by atoms with E-state index >= 15 is 0 Å². The van der Waals surface area contributed by atoms with Gasteiger partial charge in [-0.1, -0.05) is 96.1 Å². The van der Waals surface area contributed by atoms with Gasteiger partial charge in [-0.2, -0.15) is 0 Å². The fourth-order valence-electron chi connectivity index (χ4n) is 3.78. The number of carboxylic acid groups (broad SMARTS) is 1. The Morgan fingerprint density at radius 3 is 1.59 bits per heavy atom. The van der Waals surface area contributed by atoms with Crippen LogP contribution in [0, 0.1) is 0 Å². The molecule has 1 aliphatic heterocycles. The lowest BCUT2D eigenvalue weighted by Crippen LogP contribution is -2.34. The first-order valence-electron chi connectivity index (χ1n) is 11.0. The SMILES string of the molecule is CCCCCCCCCCCCCCCC1(C(=O)O)N=c2ccccc2=N1. The van der Waals surface area contributed by atoms with Crippen molar-refractivity contribution >= 4 is 5.97 Å². The van der Waals surface area contributed by atoms with E-state index in [-0.39, 0.29) is 0 Å². The highest BCUT2D eigenvalue weighted by atomic mass is 16.4. The van der Waals surface area contributed by atoms with Crippen LogP contribution in [0.5, 0.6) is 0 Å². The second-order valence-electron chi connectivity index (χ2n) is 7.83. The number of carboxylic acids is 1. The van der Waals surface area contributed by atoms with Crippen molar-refractivity contribution in [2.75, 3.05) is 0 Å². The van der Waals surface area contributed by atoms with E-state index in [1.54, 1.807) is 0 Å². The summed E-state index contributed by atoms with van der Waals surface area (Å²) in [6.07, 6.45) is 17.2. The van der Waals surface area contributed by atoms with E-state index in [1.165, 1.54) is 70.6 Å². The Bertz CT molecular complexity index is 649. The highest BCUT2D eigenvalue weighted by Crippen LogP contribution is 2.23. The minimum absolute atomic E-state index is 0.495. The van der Waals surface area contributed by atoms with Crippen molar-refractivity contribution in [2.24, 2.45) is 9.98 Å². The molecule has 1 aliphatic rings. The van der Waals surface area contributed by atoms with Crippen LogP contribution in [-0.2, 0) is 4.79 Å². The molecule has 1 aromatic rings. The van der Waals surface area contributed by atoms with Gasteiger partial charge in [-0.3, -0.25) is 0 Å². The van der Waals surface area contributed by atoms with E-state index in [1.807, 2.05) is 24.3 Å². The minimum Gasteiger partial charge on any atom is -0.478 e. The lowest BCUT2D eigenvalue weighted by Gasteiger charge is -2.17. The Kier molecular flexibility index (Phi) is 9.51. The maximum atomic E-state index is 11.8. The Hall–Kier alpha value is -1.71. The van der Waals surface area contributed by atoms with Gasteiger partial charge in [-0.05, 0) is 18.6 Å². The van der Waals surface area contributed by atoms with Crippen molar-refractivity contribution in [3.05, 3.63) is 35.0 Å². The zero-order chi connectivity index (χ0) is 19.4. The molecule has 0 aliphatic carbocycles. The average molecular weight is 373 g/mol. The quantitative estimate of drug-likeness (QED) is 0.430. The number of para-hydroxylation sites is 2. The van der Waals surface area contributed by atoms with Gasteiger partial charge in [0.15, 0.2) is 0 Å². The first kappa shape index (κ1) is 21.6. The third kappa shape index (κ3) is 7.08. The zero-order valence-electron chi connectivity index (χ0n) is 17.0. The Morgan fingerprint density at radius 1 is 0.778 bits per heavy atom. The zero-order valence-corrected chi connectivity index (χ0v) is 17.0. The van der Waals surface area contributed by atoms with E-state index in [9.17, 15) is 9.90 Å². The van der Waals surface area contributed by atoms with Gasteiger partial charge in [-0.15, -0.1) is 0 Å². The first-order valence-corrected chi connectivity index (χ1v) is 11.0. The lowest BCUT2D eigenvalue weighted by molar-refractivity contribution is -0.143. The number of aliphatic carboxylic acids is 1. The topological polar surface area (TPSA) is 62.0 Å². The average Bonchev–Trinajstić information content (AvgIpc) is 3.05. The molecule has 0 atom stereocenters. The van der Waals surface area contributed by atoms with Gasteiger partial charge < -0.3 is 5.11 Å². The van der Waals surface area contributed by atoms with E-state index in [4.69, 9.17) is 0 Å². The normalized spacial score (nSPS) is 14.4. The van der Waals surface area contributed by atoms with Crippen molar-refractivity contribution < 1.29 is 9.90 Å². The van der Waals surface area contributed by atoms with Crippen LogP contribution in [0.2, 0.25) is 0 Å². The van der Waals surface area contributed by atoms with Crippen LogP contribution in [0.15, 0.2) is 34.3 Å². The second kappa shape index (κ2) is 11.9. The lowest BCUT2D eigenvalue weighted by atomic mass is 10.0. The van der Waals surface area contributed by atoms with Crippen LogP contribution in [0.25, 0.3) is 0 Å². The Morgan fingerprint density at radius 2 is 1.19 bits per heavy atom. The molecular weight excluding hydrogens is 336 g/mol. The number of nitrogens with zero attached hydrogens (tertiary/aromatic N) is 2. The summed E-state index contributed by atoms with van der Waals surface area (Å²) < 4.78 is 0. The number of benzene rings is 1. The van der Waals surface area contributed by atoms with Crippen molar-refractivity contribution in [1.82, 2.24) is 0 Å². The summed E-state index contributed by atoms with van der Waals surface area (Å²) in [5.41, 5.74) is -1.29. The van der Waals surface area contributed by atoms with Gasteiger partial charge in [0.2, 0.25) is 5.66 Å². The van der Waals surface area contributed by atoms with Crippen LogP contribution in [0.3, 0.4) is 0 Å². The van der Waals surface area contributed by atoms with Crippen molar-refractivity contribution in [2.45, 2.75) is 102 Å². The van der Waals surface area contributed by atoms with Gasteiger partial charge >= 0.3 is 5.97 Å². The number of carbonyl (C=O) groups is 1. The molecule has 0 radical (unpaired) electrons. The van der Waals surface area contributed by atoms with E-state index in [0.29, 0.717) is 17.1 Å². The summed E-state index contributed by atoms with van der Waals surface area (Å²) >= 11 is 0. The molecule has 4 heteroatoms. The molecule has 27 heavy (non-hydrogen) atoms. The number of hydrogen-bond donors (Lipinski definition) is 1. The van der Waals surface area contributed by atoms with Crippen LogP contribution in [-0.4, -0.2) is 16.7 Å². The highest BCUT2D eigenvalue weighted by molar-refractivity contribution is 5.79. The predicted octanol–water partition coefficient (Wildman–Crippen LogP) is 5.20. The fraction of sp³-hybridized carbons (Fsp3) is 0.696. The molecule has 0 bridgehead atoms. The summed E-state index contributed by atoms with van der Waals surface area (Å²) in [6.45, 7) is 2.26. The molecule has 1 heterocycles. The van der Waals surface area contributed by atoms with Crippen LogP contribution in [0.4, 0.5) is 0 Å². The van der Waals surface area contributed by atoms with Crippen molar-refractivity contribution in [1.29, 1.82) is 0 Å². The number of unbranched alkanes of at least 4 members (excludes halogenated alkanes) is 12. The molecule has 0 fully saturated rings. The molecule has 0 aromatic heterocycles. The maximum absolute atomic E-state index is 11.8.